The van der Waals surface area contributed by atoms with Crippen molar-refractivity contribution in [1.82, 2.24) is 0 Å². The van der Waals surface area contributed by atoms with Gasteiger partial charge in [0.2, 0.25) is 0 Å². The van der Waals surface area contributed by atoms with Crippen molar-refractivity contribution in [3.8, 4) is 0 Å². The fourth-order valence-corrected chi connectivity index (χ4v) is 5.46. The zero-order valence-electron chi connectivity index (χ0n) is 19.5. The summed E-state index contributed by atoms with van der Waals surface area (Å²) in [4.78, 5) is 12.5. The van der Waals surface area contributed by atoms with E-state index < -0.39 is 18.0 Å². The molecule has 3 aromatic rings. The largest absolute Gasteiger partial charge is 0.459 e. The molecule has 0 unspecified atom stereocenters. The molecule has 5 atom stereocenters. The molecule has 5 nitrogen and oxygen atoms in total. The van der Waals surface area contributed by atoms with Crippen LogP contribution in [0.1, 0.15) is 30.0 Å². The summed E-state index contributed by atoms with van der Waals surface area (Å²) < 4.78 is 24.5. The first kappa shape index (κ1) is 22.8. The maximum atomic E-state index is 12.5. The molecule has 2 aliphatic heterocycles. The quantitative estimate of drug-likeness (QED) is 0.354. The third-order valence-electron chi connectivity index (χ3n) is 7.07. The summed E-state index contributed by atoms with van der Waals surface area (Å²) in [6.07, 6.45) is -0.610. The Labute approximate surface area is 200 Å². The summed E-state index contributed by atoms with van der Waals surface area (Å²) in [5.41, 5.74) is 2.18. The van der Waals surface area contributed by atoms with Crippen LogP contribution in [0.15, 0.2) is 91.0 Å². The van der Waals surface area contributed by atoms with Crippen LogP contribution in [-0.4, -0.2) is 38.2 Å². The van der Waals surface area contributed by atoms with Crippen molar-refractivity contribution in [1.29, 1.82) is 0 Å². The molecule has 0 spiro atoms. The Kier molecular flexibility index (Phi) is 6.50. The van der Waals surface area contributed by atoms with Gasteiger partial charge >= 0.3 is 5.97 Å². The van der Waals surface area contributed by atoms with Gasteiger partial charge in [-0.05, 0) is 23.1 Å². The van der Waals surface area contributed by atoms with Crippen molar-refractivity contribution in [3.63, 3.8) is 0 Å². The van der Waals surface area contributed by atoms with Gasteiger partial charge in [0.1, 0.15) is 17.8 Å². The van der Waals surface area contributed by atoms with Crippen LogP contribution in [0, 0.1) is 11.8 Å². The first-order valence-corrected chi connectivity index (χ1v) is 11.9. The highest BCUT2D eigenvalue weighted by Gasteiger charge is 2.58. The van der Waals surface area contributed by atoms with Crippen molar-refractivity contribution in [3.05, 3.63) is 108 Å². The van der Waals surface area contributed by atoms with E-state index >= 15 is 0 Å². The van der Waals surface area contributed by atoms with E-state index in [0.717, 1.165) is 16.7 Å². The van der Waals surface area contributed by atoms with Gasteiger partial charge in [0.15, 0.2) is 6.29 Å². The van der Waals surface area contributed by atoms with Crippen LogP contribution in [0.3, 0.4) is 0 Å². The van der Waals surface area contributed by atoms with Crippen molar-refractivity contribution < 1.29 is 23.7 Å². The third kappa shape index (κ3) is 3.84. The predicted octanol–water partition coefficient (Wildman–Crippen LogP) is 4.93. The highest BCUT2D eigenvalue weighted by Crippen LogP contribution is 2.45. The number of hydrogen-bond acceptors (Lipinski definition) is 5. The average Bonchev–Trinajstić information content (AvgIpc) is 3.41. The molecule has 0 saturated carbocycles. The zero-order valence-corrected chi connectivity index (χ0v) is 19.5. The topological polar surface area (TPSA) is 54.0 Å². The van der Waals surface area contributed by atoms with Gasteiger partial charge in [-0.15, -0.1) is 0 Å². The summed E-state index contributed by atoms with van der Waals surface area (Å²) >= 11 is 0. The third-order valence-corrected chi connectivity index (χ3v) is 7.07. The molecule has 0 aromatic heterocycles. The van der Waals surface area contributed by atoms with Gasteiger partial charge in [-0.3, -0.25) is 4.79 Å². The standard InChI is InChI=1S/C29H30O5/c1-3-23-25-26(34-27(23)30)24(33-28(25)31-2)19-32-29(20-13-7-4-8-14-20,21-15-9-5-10-16-21)22-17-11-6-12-18-22/h4-18,23-26,28H,3,19H2,1-2H3/t23-,24-,25-,26-,28-/m1/s1. The molecule has 2 aliphatic rings. The van der Waals surface area contributed by atoms with Gasteiger partial charge < -0.3 is 18.9 Å². The predicted molar refractivity (Wildman–Crippen MR) is 128 cm³/mol. The Morgan fingerprint density at radius 1 is 0.824 bits per heavy atom. The van der Waals surface area contributed by atoms with Gasteiger partial charge in [-0.1, -0.05) is 97.9 Å². The second-order valence-electron chi connectivity index (χ2n) is 8.86. The summed E-state index contributed by atoms with van der Waals surface area (Å²) in [7, 11) is 1.61. The molecule has 0 N–H and O–H groups in total. The monoisotopic (exact) mass is 458 g/mol. The number of methoxy groups -OCH3 is 1. The van der Waals surface area contributed by atoms with E-state index in [1.165, 1.54) is 0 Å². The molecule has 3 aromatic carbocycles. The summed E-state index contributed by atoms with van der Waals surface area (Å²) in [6, 6.07) is 30.6. The van der Waals surface area contributed by atoms with Gasteiger partial charge in [0.05, 0.1) is 18.4 Å². The summed E-state index contributed by atoms with van der Waals surface area (Å²) in [6.45, 7) is 2.24. The second-order valence-corrected chi connectivity index (χ2v) is 8.86. The molecule has 2 heterocycles. The number of esters is 1. The molecule has 34 heavy (non-hydrogen) atoms. The lowest BCUT2D eigenvalue weighted by molar-refractivity contribution is -0.173. The second kappa shape index (κ2) is 9.71. The van der Waals surface area contributed by atoms with Crippen LogP contribution in [0.5, 0.6) is 0 Å². The first-order chi connectivity index (χ1) is 16.7. The molecule has 176 valence electrons. The molecular formula is C29H30O5. The molecule has 0 amide bonds. The van der Waals surface area contributed by atoms with Gasteiger partial charge in [0, 0.05) is 7.11 Å². The number of ether oxygens (including phenoxy) is 4. The Morgan fingerprint density at radius 3 is 1.76 bits per heavy atom. The minimum atomic E-state index is -0.861. The van der Waals surface area contributed by atoms with Gasteiger partial charge in [-0.25, -0.2) is 0 Å². The van der Waals surface area contributed by atoms with Crippen molar-refractivity contribution >= 4 is 5.97 Å². The average molecular weight is 459 g/mol. The highest BCUT2D eigenvalue weighted by atomic mass is 16.7. The van der Waals surface area contributed by atoms with Crippen molar-refractivity contribution in [2.45, 2.75) is 37.4 Å². The molecule has 2 fully saturated rings. The fraction of sp³-hybridized carbons (Fsp3) is 0.345. The van der Waals surface area contributed by atoms with E-state index in [1.807, 2.05) is 61.5 Å². The van der Waals surface area contributed by atoms with Gasteiger partial charge in [0.25, 0.3) is 0 Å². The minimum absolute atomic E-state index is 0.129. The number of carbonyl (C=O) groups excluding carboxylic acids is 1. The van der Waals surface area contributed by atoms with Crippen LogP contribution in [0.4, 0.5) is 0 Å². The minimum Gasteiger partial charge on any atom is -0.459 e. The highest BCUT2D eigenvalue weighted by molar-refractivity contribution is 5.75. The normalized spacial score (nSPS) is 26.3. The van der Waals surface area contributed by atoms with Crippen LogP contribution >= 0.6 is 0 Å². The van der Waals surface area contributed by atoms with Crippen LogP contribution < -0.4 is 0 Å². The lowest BCUT2D eigenvalue weighted by atomic mass is 9.80. The van der Waals surface area contributed by atoms with Crippen LogP contribution in [-0.2, 0) is 29.3 Å². The Bertz CT molecular complexity index is 989. The SMILES string of the molecule is CC[C@H]1C(=O)O[C@H]2[C@@H]1[C@H](OC)O[C@@H]2COC(c1ccccc1)(c1ccccc1)c1ccccc1. The summed E-state index contributed by atoms with van der Waals surface area (Å²) in [5, 5.41) is 0. The number of fused-ring (bicyclic) bond motifs is 1. The zero-order chi connectivity index (χ0) is 23.5. The number of rotatable bonds is 8. The number of carbonyl (C=O) groups is 1. The molecular weight excluding hydrogens is 428 g/mol. The van der Waals surface area contributed by atoms with E-state index in [0.29, 0.717) is 6.42 Å². The molecule has 2 saturated heterocycles. The van der Waals surface area contributed by atoms with E-state index in [2.05, 4.69) is 36.4 Å². The fourth-order valence-electron chi connectivity index (χ4n) is 5.46. The first-order valence-electron chi connectivity index (χ1n) is 11.9. The van der Waals surface area contributed by atoms with Crippen molar-refractivity contribution in [2.75, 3.05) is 13.7 Å². The van der Waals surface area contributed by atoms with E-state index in [4.69, 9.17) is 18.9 Å². The van der Waals surface area contributed by atoms with E-state index in [9.17, 15) is 4.79 Å². The van der Waals surface area contributed by atoms with E-state index in [1.54, 1.807) is 7.11 Å². The Balaban J connectivity index is 1.54. The number of benzene rings is 3. The lowest BCUT2D eigenvalue weighted by Gasteiger charge is -2.37. The molecule has 5 heteroatoms. The van der Waals surface area contributed by atoms with Crippen molar-refractivity contribution in [2.24, 2.45) is 11.8 Å². The summed E-state index contributed by atoms with van der Waals surface area (Å²) in [5.74, 6) is -0.522. The molecule has 0 aliphatic carbocycles. The lowest BCUT2D eigenvalue weighted by Crippen LogP contribution is -2.38. The van der Waals surface area contributed by atoms with Crippen LogP contribution in [0.25, 0.3) is 0 Å². The molecule has 0 bridgehead atoms. The smallest absolute Gasteiger partial charge is 0.309 e. The van der Waals surface area contributed by atoms with Gasteiger partial charge in [-0.2, -0.15) is 0 Å². The molecule has 0 radical (unpaired) electrons. The Morgan fingerprint density at radius 2 is 1.32 bits per heavy atom. The van der Waals surface area contributed by atoms with E-state index in [-0.39, 0.29) is 30.5 Å². The maximum Gasteiger partial charge on any atom is 0.309 e. The van der Waals surface area contributed by atoms with Crippen LogP contribution in [0.2, 0.25) is 0 Å². The Hall–Kier alpha value is -2.99. The molecule has 5 rings (SSSR count). The maximum absolute atomic E-state index is 12.5. The number of hydrogen-bond donors (Lipinski definition) is 0.